The fraction of sp³-hybridized carbons (Fsp3) is 0.185. The first kappa shape index (κ1) is 21.4. The molecule has 162 valence electrons. The topological polar surface area (TPSA) is 56.2 Å². The number of nitrogens with zero attached hydrogens (tertiary/aromatic N) is 2. The minimum absolute atomic E-state index is 0.0477. The van der Waals surface area contributed by atoms with Gasteiger partial charge in [-0.15, -0.1) is 0 Å². The van der Waals surface area contributed by atoms with Gasteiger partial charge in [-0.25, -0.2) is 4.68 Å². The SMILES string of the molecule is Cc1nn(-c2ccccc2)c(C)c1CNC(=O)CCOc1ccccc1-c1ccccc1. The van der Waals surface area contributed by atoms with Crippen LogP contribution in [0.2, 0.25) is 0 Å². The molecule has 4 aromatic rings. The van der Waals surface area contributed by atoms with E-state index in [2.05, 4.69) is 22.5 Å². The standard InChI is InChI=1S/C27H27N3O2/c1-20-25(21(2)30(29-20)23-13-7-4-8-14-23)19-28-27(31)17-18-32-26-16-10-9-15-24(26)22-11-5-3-6-12-22/h3-16H,17-19H2,1-2H3,(H,28,31). The predicted octanol–water partition coefficient (Wildman–Crippen LogP) is 5.24. The molecule has 0 spiro atoms. The lowest BCUT2D eigenvalue weighted by Gasteiger charge is -2.12. The molecule has 5 heteroatoms. The molecule has 0 aliphatic carbocycles. The molecule has 0 aliphatic rings. The molecule has 0 unspecified atom stereocenters. The Morgan fingerprint density at radius 2 is 1.56 bits per heavy atom. The predicted molar refractivity (Wildman–Crippen MR) is 127 cm³/mol. The van der Waals surface area contributed by atoms with Crippen molar-refractivity contribution in [1.82, 2.24) is 15.1 Å². The van der Waals surface area contributed by atoms with Gasteiger partial charge in [0.05, 0.1) is 24.4 Å². The summed E-state index contributed by atoms with van der Waals surface area (Å²) < 4.78 is 7.86. The maximum atomic E-state index is 12.4. The van der Waals surface area contributed by atoms with Crippen LogP contribution in [0.3, 0.4) is 0 Å². The summed E-state index contributed by atoms with van der Waals surface area (Å²) in [5.41, 5.74) is 6.11. The van der Waals surface area contributed by atoms with Crippen molar-refractivity contribution in [2.24, 2.45) is 0 Å². The van der Waals surface area contributed by atoms with E-state index >= 15 is 0 Å². The smallest absolute Gasteiger partial charge is 0.223 e. The van der Waals surface area contributed by atoms with E-state index < -0.39 is 0 Å². The summed E-state index contributed by atoms with van der Waals surface area (Å²) in [5.74, 6) is 0.732. The zero-order valence-corrected chi connectivity index (χ0v) is 18.4. The number of aryl methyl sites for hydroxylation is 1. The molecule has 0 bridgehead atoms. The highest BCUT2D eigenvalue weighted by atomic mass is 16.5. The highest BCUT2D eigenvalue weighted by Gasteiger charge is 2.14. The molecule has 5 nitrogen and oxygen atoms in total. The van der Waals surface area contributed by atoms with Crippen LogP contribution < -0.4 is 10.1 Å². The molecule has 0 saturated heterocycles. The van der Waals surface area contributed by atoms with Crippen molar-refractivity contribution in [2.75, 3.05) is 6.61 Å². The molecule has 0 radical (unpaired) electrons. The van der Waals surface area contributed by atoms with Crippen LogP contribution in [-0.4, -0.2) is 22.3 Å². The average Bonchev–Trinajstić information content (AvgIpc) is 3.12. The van der Waals surface area contributed by atoms with E-state index in [1.54, 1.807) is 0 Å². The zero-order valence-electron chi connectivity index (χ0n) is 18.4. The van der Waals surface area contributed by atoms with Crippen molar-refractivity contribution >= 4 is 5.91 Å². The van der Waals surface area contributed by atoms with E-state index in [0.29, 0.717) is 13.2 Å². The summed E-state index contributed by atoms with van der Waals surface area (Å²) in [4.78, 5) is 12.4. The number of carbonyl (C=O) groups excluding carboxylic acids is 1. The second-order valence-corrected chi connectivity index (χ2v) is 7.63. The summed E-state index contributed by atoms with van der Waals surface area (Å²) >= 11 is 0. The molecule has 32 heavy (non-hydrogen) atoms. The van der Waals surface area contributed by atoms with Gasteiger partial charge in [-0.2, -0.15) is 5.10 Å². The van der Waals surface area contributed by atoms with Gasteiger partial charge in [0, 0.05) is 23.4 Å². The summed E-state index contributed by atoms with van der Waals surface area (Å²) in [6.45, 7) is 4.76. The highest BCUT2D eigenvalue weighted by molar-refractivity contribution is 5.76. The van der Waals surface area contributed by atoms with Crippen LogP contribution in [0, 0.1) is 13.8 Å². The van der Waals surface area contributed by atoms with Crippen LogP contribution in [-0.2, 0) is 11.3 Å². The molecule has 1 aromatic heterocycles. The van der Waals surface area contributed by atoms with Crippen molar-refractivity contribution in [1.29, 1.82) is 0 Å². The zero-order chi connectivity index (χ0) is 22.3. The number of aromatic nitrogens is 2. The molecule has 0 fully saturated rings. The monoisotopic (exact) mass is 425 g/mol. The maximum Gasteiger partial charge on any atom is 0.223 e. The summed E-state index contributed by atoms with van der Waals surface area (Å²) in [6.07, 6.45) is 0.286. The van der Waals surface area contributed by atoms with Crippen molar-refractivity contribution in [3.05, 3.63) is 102 Å². The number of ether oxygens (including phenoxy) is 1. The van der Waals surface area contributed by atoms with Crippen LogP contribution in [0.5, 0.6) is 5.75 Å². The van der Waals surface area contributed by atoms with Gasteiger partial charge in [0.2, 0.25) is 5.91 Å². The Balaban J connectivity index is 1.33. The fourth-order valence-corrected chi connectivity index (χ4v) is 3.73. The Hall–Kier alpha value is -3.86. The van der Waals surface area contributed by atoms with E-state index in [4.69, 9.17) is 4.74 Å². The number of carbonyl (C=O) groups is 1. The van der Waals surface area contributed by atoms with Crippen LogP contribution in [0.15, 0.2) is 84.9 Å². The largest absolute Gasteiger partial charge is 0.492 e. The molecule has 3 aromatic carbocycles. The van der Waals surface area contributed by atoms with Crippen LogP contribution >= 0.6 is 0 Å². The van der Waals surface area contributed by atoms with E-state index in [9.17, 15) is 4.79 Å². The number of hydrogen-bond acceptors (Lipinski definition) is 3. The van der Waals surface area contributed by atoms with Crippen molar-refractivity contribution in [3.63, 3.8) is 0 Å². The highest BCUT2D eigenvalue weighted by Crippen LogP contribution is 2.29. The van der Waals surface area contributed by atoms with Gasteiger partial charge >= 0.3 is 0 Å². The number of hydrogen-bond donors (Lipinski definition) is 1. The lowest BCUT2D eigenvalue weighted by atomic mass is 10.1. The first-order chi connectivity index (χ1) is 15.6. The Morgan fingerprint density at radius 1 is 0.906 bits per heavy atom. The van der Waals surface area contributed by atoms with E-state index in [0.717, 1.165) is 39.5 Å². The lowest BCUT2D eigenvalue weighted by Crippen LogP contribution is -2.25. The van der Waals surface area contributed by atoms with Crippen molar-refractivity contribution < 1.29 is 9.53 Å². The minimum atomic E-state index is -0.0477. The third-order valence-electron chi connectivity index (χ3n) is 5.46. The minimum Gasteiger partial charge on any atom is -0.492 e. The average molecular weight is 426 g/mol. The Bertz CT molecular complexity index is 1180. The summed E-state index contributed by atoms with van der Waals surface area (Å²) in [7, 11) is 0. The van der Waals surface area contributed by atoms with Crippen LogP contribution in [0.25, 0.3) is 16.8 Å². The molecule has 1 N–H and O–H groups in total. The molecule has 0 atom stereocenters. The molecular weight excluding hydrogens is 398 g/mol. The number of para-hydroxylation sites is 2. The van der Waals surface area contributed by atoms with Crippen LogP contribution in [0.1, 0.15) is 23.4 Å². The van der Waals surface area contributed by atoms with Gasteiger partial charge in [-0.1, -0.05) is 66.7 Å². The summed E-state index contributed by atoms with van der Waals surface area (Å²) in [6, 6.07) is 28.0. The summed E-state index contributed by atoms with van der Waals surface area (Å²) in [5, 5.41) is 7.65. The van der Waals surface area contributed by atoms with Gasteiger partial charge in [0.25, 0.3) is 0 Å². The van der Waals surface area contributed by atoms with Gasteiger partial charge < -0.3 is 10.1 Å². The quantitative estimate of drug-likeness (QED) is 0.420. The third kappa shape index (κ3) is 4.89. The van der Waals surface area contributed by atoms with E-state index in [1.165, 1.54) is 0 Å². The lowest BCUT2D eigenvalue weighted by molar-refractivity contribution is -0.121. The van der Waals surface area contributed by atoms with E-state index in [1.807, 2.05) is 91.3 Å². The second-order valence-electron chi connectivity index (χ2n) is 7.63. The number of benzene rings is 3. The van der Waals surface area contributed by atoms with Gasteiger partial charge in [-0.3, -0.25) is 4.79 Å². The fourth-order valence-electron chi connectivity index (χ4n) is 3.73. The number of amides is 1. The third-order valence-corrected chi connectivity index (χ3v) is 5.46. The molecule has 1 heterocycles. The normalized spacial score (nSPS) is 10.7. The van der Waals surface area contributed by atoms with Gasteiger partial charge in [-0.05, 0) is 37.6 Å². The first-order valence-corrected chi connectivity index (χ1v) is 10.8. The van der Waals surface area contributed by atoms with Crippen LogP contribution in [0.4, 0.5) is 0 Å². The van der Waals surface area contributed by atoms with Gasteiger partial charge in [0.1, 0.15) is 5.75 Å². The molecular formula is C27H27N3O2. The second kappa shape index (κ2) is 9.96. The molecule has 0 aliphatic heterocycles. The first-order valence-electron chi connectivity index (χ1n) is 10.8. The molecule has 4 rings (SSSR count). The van der Waals surface area contributed by atoms with Crippen molar-refractivity contribution in [3.8, 4) is 22.6 Å². The maximum absolute atomic E-state index is 12.4. The number of nitrogens with one attached hydrogen (secondary N) is 1. The number of rotatable bonds is 8. The Kier molecular flexibility index (Phi) is 6.66. The Labute approximate surface area is 188 Å². The van der Waals surface area contributed by atoms with E-state index in [-0.39, 0.29) is 12.3 Å². The Morgan fingerprint density at radius 3 is 2.31 bits per heavy atom. The van der Waals surface area contributed by atoms with Gasteiger partial charge in [0.15, 0.2) is 0 Å². The molecule has 0 saturated carbocycles. The molecule has 1 amide bonds. The van der Waals surface area contributed by atoms with Crippen molar-refractivity contribution in [2.45, 2.75) is 26.8 Å².